The van der Waals surface area contributed by atoms with E-state index < -0.39 is 44.4 Å². The minimum atomic E-state index is -4.41. The van der Waals surface area contributed by atoms with Crippen molar-refractivity contribution in [2.45, 2.75) is 18.0 Å². The lowest BCUT2D eigenvalue weighted by Gasteiger charge is -2.12. The Labute approximate surface area is 214 Å². The summed E-state index contributed by atoms with van der Waals surface area (Å²) in [6.45, 7) is -0.347. The van der Waals surface area contributed by atoms with Crippen LogP contribution < -0.4 is 15.5 Å². The van der Waals surface area contributed by atoms with E-state index in [-0.39, 0.29) is 33.6 Å². The number of carbonyl (C=O) groups is 1. The molecule has 4 rings (SSSR count). The number of amides is 1. The van der Waals surface area contributed by atoms with Gasteiger partial charge in [0, 0.05) is 34.9 Å². The lowest BCUT2D eigenvalue weighted by molar-refractivity contribution is 0.0949. The lowest BCUT2D eigenvalue weighted by Crippen LogP contribution is -2.29. The second-order valence-electron chi connectivity index (χ2n) is 7.73. The van der Waals surface area contributed by atoms with Gasteiger partial charge in [0.15, 0.2) is 0 Å². The molecule has 36 heavy (non-hydrogen) atoms. The van der Waals surface area contributed by atoms with Crippen LogP contribution >= 0.6 is 23.2 Å². The highest BCUT2D eigenvalue weighted by Crippen LogP contribution is 2.22. The van der Waals surface area contributed by atoms with E-state index in [4.69, 9.17) is 23.2 Å². The number of halogens is 4. The number of hydrogen-bond donors (Lipinski definition) is 3. The molecule has 0 radical (unpaired) electrons. The van der Waals surface area contributed by atoms with E-state index >= 15 is 0 Å². The highest BCUT2D eigenvalue weighted by Gasteiger charge is 2.23. The summed E-state index contributed by atoms with van der Waals surface area (Å²) in [4.78, 5) is 27.6. The monoisotopic (exact) mass is 551 g/mol. The van der Waals surface area contributed by atoms with Crippen molar-refractivity contribution in [1.82, 2.24) is 15.0 Å². The first-order valence-corrected chi connectivity index (χ1v) is 12.6. The third-order valence-corrected chi connectivity index (χ3v) is 7.20. The largest absolute Gasteiger partial charge is 0.359 e. The summed E-state index contributed by atoms with van der Waals surface area (Å²) in [5, 5.41) is 2.90. The number of H-pyrrole nitrogens is 1. The van der Waals surface area contributed by atoms with Crippen LogP contribution in [0.1, 0.15) is 21.5 Å². The normalized spacial score (nSPS) is 11.6. The number of benzene rings is 3. The van der Waals surface area contributed by atoms with Gasteiger partial charge in [0.05, 0.1) is 10.9 Å². The van der Waals surface area contributed by atoms with Gasteiger partial charge >= 0.3 is 0 Å². The van der Waals surface area contributed by atoms with Gasteiger partial charge in [-0.15, -0.1) is 0 Å². The molecule has 0 saturated heterocycles. The molecule has 1 heterocycles. The van der Waals surface area contributed by atoms with Crippen LogP contribution in [0.15, 0.2) is 70.5 Å². The Kier molecular flexibility index (Phi) is 7.41. The molecule has 0 atom stereocenters. The first kappa shape index (κ1) is 25.8. The molecule has 0 fully saturated rings. The van der Waals surface area contributed by atoms with Gasteiger partial charge in [-0.2, -0.15) is 0 Å². The fraction of sp³-hybridized carbons (Fsp3) is 0.0833. The Morgan fingerprint density at radius 2 is 1.64 bits per heavy atom. The molecule has 3 N–H and O–H groups in total. The topological polar surface area (TPSA) is 108 Å². The van der Waals surface area contributed by atoms with E-state index in [1.807, 2.05) is 0 Å². The first-order chi connectivity index (χ1) is 17.0. The number of carbonyl (C=O) groups excluding carboxylic acids is 1. The molecule has 0 aliphatic heterocycles. The van der Waals surface area contributed by atoms with E-state index in [1.165, 1.54) is 12.1 Å². The van der Waals surface area contributed by atoms with Crippen LogP contribution in [0.25, 0.3) is 10.9 Å². The third kappa shape index (κ3) is 5.57. The van der Waals surface area contributed by atoms with Gasteiger partial charge in [0.25, 0.3) is 5.91 Å². The maximum Gasteiger partial charge on any atom is 0.257 e. The average Bonchev–Trinajstić information content (AvgIpc) is 2.83. The summed E-state index contributed by atoms with van der Waals surface area (Å²) in [7, 11) is -4.41. The summed E-state index contributed by atoms with van der Waals surface area (Å²) in [5.74, 6) is -2.47. The van der Waals surface area contributed by atoms with Gasteiger partial charge in [0.1, 0.15) is 22.1 Å². The standard InChI is InChI=1S/C24H17Cl2F2N3O4S/c25-15-4-1-13(2-5-15)10-30-24(33)19-12-29-22-18(23(19)32)8-17(27)9-21(22)36(34,35)31-11-14-3-6-16(26)7-20(14)28/h1-9,12,31H,10-11H2,(H,29,32)(H,30,33). The maximum absolute atomic E-state index is 14.4. The third-order valence-electron chi connectivity index (χ3n) is 5.29. The van der Waals surface area contributed by atoms with Crippen molar-refractivity contribution in [2.24, 2.45) is 0 Å². The molecule has 7 nitrogen and oxygen atoms in total. The summed E-state index contributed by atoms with van der Waals surface area (Å²) in [6, 6.07) is 12.0. The van der Waals surface area contributed by atoms with Crippen LogP contribution in [0.2, 0.25) is 10.0 Å². The van der Waals surface area contributed by atoms with Crippen molar-refractivity contribution in [3.8, 4) is 0 Å². The highest BCUT2D eigenvalue weighted by molar-refractivity contribution is 7.89. The first-order valence-electron chi connectivity index (χ1n) is 10.4. The van der Waals surface area contributed by atoms with Crippen molar-refractivity contribution in [3.63, 3.8) is 0 Å². The molecule has 186 valence electrons. The summed E-state index contributed by atoms with van der Waals surface area (Å²) in [6.07, 6.45) is 1.05. The van der Waals surface area contributed by atoms with Crippen LogP contribution in [-0.4, -0.2) is 19.3 Å². The number of rotatable bonds is 7. The van der Waals surface area contributed by atoms with Crippen LogP contribution in [0.4, 0.5) is 8.78 Å². The van der Waals surface area contributed by atoms with Crippen LogP contribution in [0.5, 0.6) is 0 Å². The van der Waals surface area contributed by atoms with E-state index in [1.54, 1.807) is 24.3 Å². The van der Waals surface area contributed by atoms with Crippen molar-refractivity contribution in [3.05, 3.63) is 109 Å². The highest BCUT2D eigenvalue weighted by atomic mass is 35.5. The predicted molar refractivity (Wildman–Crippen MR) is 133 cm³/mol. The van der Waals surface area contributed by atoms with Crippen molar-refractivity contribution < 1.29 is 22.0 Å². The van der Waals surface area contributed by atoms with Gasteiger partial charge in [-0.3, -0.25) is 9.59 Å². The molecule has 0 bridgehead atoms. The average molecular weight is 552 g/mol. The van der Waals surface area contributed by atoms with Gasteiger partial charge in [-0.25, -0.2) is 21.9 Å². The molecule has 0 aliphatic carbocycles. The number of hydrogen-bond acceptors (Lipinski definition) is 4. The van der Waals surface area contributed by atoms with Gasteiger partial charge in [-0.1, -0.05) is 41.4 Å². The molecule has 0 aliphatic rings. The SMILES string of the molecule is O=C(NCc1ccc(Cl)cc1)c1c[nH]c2c(S(=O)(=O)NCc3ccc(Cl)cc3F)cc(F)cc2c1=O. The number of pyridine rings is 1. The van der Waals surface area contributed by atoms with E-state index in [9.17, 15) is 26.8 Å². The Morgan fingerprint density at radius 1 is 0.944 bits per heavy atom. The summed E-state index contributed by atoms with van der Waals surface area (Å²) < 4.78 is 56.5. The maximum atomic E-state index is 14.4. The van der Waals surface area contributed by atoms with Gasteiger partial charge in [0.2, 0.25) is 15.5 Å². The molecule has 1 amide bonds. The molecule has 0 saturated carbocycles. The Bertz CT molecular complexity index is 1640. The van der Waals surface area contributed by atoms with E-state index in [0.29, 0.717) is 5.02 Å². The van der Waals surface area contributed by atoms with E-state index in [0.717, 1.165) is 30.0 Å². The molecule has 0 unspecified atom stereocenters. The smallest absolute Gasteiger partial charge is 0.257 e. The Hall–Kier alpha value is -3.31. The van der Waals surface area contributed by atoms with E-state index in [2.05, 4.69) is 15.0 Å². The van der Waals surface area contributed by atoms with Gasteiger partial charge < -0.3 is 10.3 Å². The van der Waals surface area contributed by atoms with Crippen molar-refractivity contribution >= 4 is 50.0 Å². The van der Waals surface area contributed by atoms with Crippen molar-refractivity contribution in [1.29, 1.82) is 0 Å². The second kappa shape index (κ2) is 10.4. The Balaban J connectivity index is 1.63. The minimum Gasteiger partial charge on any atom is -0.359 e. The molecular formula is C24H17Cl2F2N3O4S. The fourth-order valence-electron chi connectivity index (χ4n) is 3.44. The molecule has 4 aromatic rings. The predicted octanol–water partition coefficient (Wildman–Crippen LogP) is 4.52. The zero-order valence-electron chi connectivity index (χ0n) is 18.2. The fourth-order valence-corrected chi connectivity index (χ4v) is 4.93. The second-order valence-corrected chi connectivity index (χ2v) is 10.3. The molecular weight excluding hydrogens is 535 g/mol. The zero-order chi connectivity index (χ0) is 26.0. The van der Waals surface area contributed by atoms with Crippen LogP contribution in [-0.2, 0) is 23.1 Å². The van der Waals surface area contributed by atoms with Crippen molar-refractivity contribution in [2.75, 3.05) is 0 Å². The number of aromatic amines is 1. The summed E-state index contributed by atoms with van der Waals surface area (Å²) in [5.41, 5.74) is -0.664. The number of fused-ring (bicyclic) bond motifs is 1. The molecule has 12 heteroatoms. The number of aromatic nitrogens is 1. The number of nitrogens with one attached hydrogen (secondary N) is 3. The molecule has 0 spiro atoms. The minimum absolute atomic E-state index is 0.0109. The zero-order valence-corrected chi connectivity index (χ0v) is 20.6. The number of sulfonamides is 1. The summed E-state index contributed by atoms with van der Waals surface area (Å²) >= 11 is 11.5. The van der Waals surface area contributed by atoms with Crippen LogP contribution in [0.3, 0.4) is 0 Å². The quantitative estimate of drug-likeness (QED) is 0.313. The molecule has 1 aromatic heterocycles. The molecule has 3 aromatic carbocycles. The van der Waals surface area contributed by atoms with Gasteiger partial charge in [-0.05, 0) is 42.0 Å². The van der Waals surface area contributed by atoms with Crippen LogP contribution in [0, 0.1) is 11.6 Å². The lowest BCUT2D eigenvalue weighted by atomic mass is 10.1. The Morgan fingerprint density at radius 3 is 2.33 bits per heavy atom.